The van der Waals surface area contributed by atoms with Crippen molar-refractivity contribution < 1.29 is 32.3 Å². The van der Waals surface area contributed by atoms with Crippen molar-refractivity contribution in [1.82, 2.24) is 19.7 Å². The number of nitrogens with one attached hydrogen (secondary N) is 1. The summed E-state index contributed by atoms with van der Waals surface area (Å²) < 4.78 is 47.9. The molecular formula is C26H24F3N5O5. The number of nitrogens with zero attached hydrogens (tertiary/aromatic N) is 4. The van der Waals surface area contributed by atoms with E-state index in [4.69, 9.17) is 9.57 Å². The Labute approximate surface area is 220 Å². The fourth-order valence-corrected chi connectivity index (χ4v) is 3.69. The second-order valence-corrected chi connectivity index (χ2v) is 8.25. The maximum Gasteiger partial charge on any atom is 0.422 e. The molecule has 1 aromatic carbocycles. The van der Waals surface area contributed by atoms with Crippen LogP contribution in [0.3, 0.4) is 0 Å². The van der Waals surface area contributed by atoms with Gasteiger partial charge in [-0.25, -0.2) is 19.7 Å². The Morgan fingerprint density at radius 2 is 1.82 bits per heavy atom. The van der Waals surface area contributed by atoms with Crippen molar-refractivity contribution in [3.63, 3.8) is 0 Å². The lowest BCUT2D eigenvalue weighted by atomic mass is 10.1. The number of benzene rings is 1. The number of aromatic nitrogens is 4. The third-order valence-corrected chi connectivity index (χ3v) is 5.44. The molecule has 39 heavy (non-hydrogen) atoms. The highest BCUT2D eigenvalue weighted by atomic mass is 19.4. The molecule has 0 atom stereocenters. The van der Waals surface area contributed by atoms with Gasteiger partial charge in [-0.15, -0.1) is 4.73 Å². The van der Waals surface area contributed by atoms with Crippen molar-refractivity contribution in [1.29, 1.82) is 0 Å². The maximum atomic E-state index is 13.6. The average molecular weight is 544 g/mol. The summed E-state index contributed by atoms with van der Waals surface area (Å²) in [6, 6.07) is 11.9. The van der Waals surface area contributed by atoms with E-state index in [1.54, 1.807) is 13.8 Å². The largest absolute Gasteiger partial charge is 0.468 e. The molecule has 10 nitrogen and oxygen atoms in total. The quantitative estimate of drug-likeness (QED) is 0.298. The first-order chi connectivity index (χ1) is 18.7. The summed E-state index contributed by atoms with van der Waals surface area (Å²) in [6.45, 7) is 1.94. The summed E-state index contributed by atoms with van der Waals surface area (Å²) in [5.41, 5.74) is 0.949. The fourth-order valence-electron chi connectivity index (χ4n) is 3.69. The van der Waals surface area contributed by atoms with Gasteiger partial charge in [0.15, 0.2) is 17.8 Å². The number of hydrogen-bond acceptors (Lipinski definition) is 9. The number of alkyl halides is 3. The SMILES string of the molecule is CCOC(=O)c1c(NCc2ccc(OCC(F)(F)F)nc2)c2c(C)ncnc2n(OCc2ccccc2)c1=O. The van der Waals surface area contributed by atoms with Gasteiger partial charge in [0.05, 0.1) is 23.4 Å². The van der Waals surface area contributed by atoms with Crippen molar-refractivity contribution in [3.05, 3.63) is 87.7 Å². The van der Waals surface area contributed by atoms with Crippen LogP contribution in [0, 0.1) is 6.92 Å². The number of esters is 1. The minimum atomic E-state index is -4.49. The van der Waals surface area contributed by atoms with Gasteiger partial charge in [-0.1, -0.05) is 36.4 Å². The van der Waals surface area contributed by atoms with Gasteiger partial charge in [0.25, 0.3) is 0 Å². The van der Waals surface area contributed by atoms with E-state index in [9.17, 15) is 22.8 Å². The monoisotopic (exact) mass is 543 g/mol. The summed E-state index contributed by atoms with van der Waals surface area (Å²) in [5, 5.41) is 3.41. The summed E-state index contributed by atoms with van der Waals surface area (Å²) >= 11 is 0. The highest BCUT2D eigenvalue weighted by Crippen LogP contribution is 2.27. The molecule has 1 N–H and O–H groups in total. The van der Waals surface area contributed by atoms with Crippen LogP contribution in [0.2, 0.25) is 0 Å². The zero-order valence-electron chi connectivity index (χ0n) is 21.0. The molecule has 0 aliphatic heterocycles. The van der Waals surface area contributed by atoms with Gasteiger partial charge in [0.1, 0.15) is 12.9 Å². The molecule has 4 aromatic rings. The smallest absolute Gasteiger partial charge is 0.422 e. The van der Waals surface area contributed by atoms with Crippen LogP contribution in [0.1, 0.15) is 34.1 Å². The fraction of sp³-hybridized carbons (Fsp3) is 0.269. The van der Waals surface area contributed by atoms with Crippen LogP contribution in [0.15, 0.2) is 59.8 Å². The molecule has 3 heterocycles. The number of ether oxygens (including phenoxy) is 2. The highest BCUT2D eigenvalue weighted by Gasteiger charge is 2.29. The summed E-state index contributed by atoms with van der Waals surface area (Å²) in [5.74, 6) is -1.07. The Morgan fingerprint density at radius 3 is 2.49 bits per heavy atom. The van der Waals surface area contributed by atoms with Crippen molar-refractivity contribution in [2.24, 2.45) is 0 Å². The first-order valence-electron chi connectivity index (χ1n) is 11.8. The molecule has 13 heteroatoms. The number of aryl methyl sites for hydroxylation is 1. The molecule has 0 saturated carbocycles. The minimum absolute atomic E-state index is 0.0220. The summed E-state index contributed by atoms with van der Waals surface area (Å²) in [7, 11) is 0. The van der Waals surface area contributed by atoms with E-state index >= 15 is 0 Å². The van der Waals surface area contributed by atoms with Crippen molar-refractivity contribution >= 4 is 22.7 Å². The zero-order chi connectivity index (χ0) is 28.0. The summed E-state index contributed by atoms with van der Waals surface area (Å²) in [4.78, 5) is 44.7. The molecule has 0 aliphatic rings. The molecule has 0 fully saturated rings. The van der Waals surface area contributed by atoms with Crippen molar-refractivity contribution in [2.45, 2.75) is 33.2 Å². The molecule has 0 amide bonds. The molecule has 0 aliphatic carbocycles. The Bertz CT molecular complexity index is 1510. The molecular weight excluding hydrogens is 519 g/mol. The van der Waals surface area contributed by atoms with Crippen LogP contribution in [0.5, 0.6) is 5.88 Å². The highest BCUT2D eigenvalue weighted by molar-refractivity contribution is 6.04. The molecule has 0 bridgehead atoms. The van der Waals surface area contributed by atoms with E-state index in [1.807, 2.05) is 30.3 Å². The van der Waals surface area contributed by atoms with Gasteiger partial charge in [0, 0.05) is 18.8 Å². The first-order valence-corrected chi connectivity index (χ1v) is 11.8. The van der Waals surface area contributed by atoms with Crippen LogP contribution >= 0.6 is 0 Å². The Kier molecular flexibility index (Phi) is 8.27. The van der Waals surface area contributed by atoms with Crippen LogP contribution in [-0.2, 0) is 17.9 Å². The standard InChI is InChI=1S/C26H24F3N5O5/c1-3-37-25(36)21-22(31-12-18-9-10-19(30-11-18)38-14-26(27,28)29)20-16(2)32-15-33-23(20)34(24(21)35)39-13-17-7-5-4-6-8-17/h4-11,15,31H,3,12-14H2,1-2H3. The molecule has 0 radical (unpaired) electrons. The molecule has 204 valence electrons. The predicted molar refractivity (Wildman–Crippen MR) is 134 cm³/mol. The van der Waals surface area contributed by atoms with Crippen molar-refractivity contribution in [2.75, 3.05) is 18.5 Å². The third-order valence-electron chi connectivity index (χ3n) is 5.44. The van der Waals surface area contributed by atoms with E-state index in [0.29, 0.717) is 16.6 Å². The number of halogens is 3. The number of hydrogen-bond donors (Lipinski definition) is 1. The Morgan fingerprint density at radius 1 is 1.05 bits per heavy atom. The van der Waals surface area contributed by atoms with Gasteiger partial charge in [-0.3, -0.25) is 4.79 Å². The number of fused-ring (bicyclic) bond motifs is 1. The Balaban J connectivity index is 1.71. The summed E-state index contributed by atoms with van der Waals surface area (Å²) in [6.07, 6.45) is -1.90. The number of carbonyl (C=O) groups is 1. The van der Waals surface area contributed by atoms with E-state index in [1.165, 1.54) is 24.7 Å². The van der Waals surface area contributed by atoms with E-state index < -0.39 is 24.3 Å². The molecule has 0 unspecified atom stereocenters. The lowest BCUT2D eigenvalue weighted by Crippen LogP contribution is -2.34. The first kappa shape index (κ1) is 27.4. The average Bonchev–Trinajstić information content (AvgIpc) is 2.91. The van der Waals surface area contributed by atoms with E-state index in [0.717, 1.165) is 10.3 Å². The van der Waals surface area contributed by atoms with Crippen molar-refractivity contribution in [3.8, 4) is 5.88 Å². The van der Waals surface area contributed by atoms with Crippen LogP contribution in [-0.4, -0.2) is 45.0 Å². The number of anilines is 1. The zero-order valence-corrected chi connectivity index (χ0v) is 21.0. The van der Waals surface area contributed by atoms with Gasteiger partial charge in [0.2, 0.25) is 5.88 Å². The van der Waals surface area contributed by atoms with Crippen LogP contribution in [0.25, 0.3) is 11.0 Å². The molecule has 4 rings (SSSR count). The van der Waals surface area contributed by atoms with Gasteiger partial charge >= 0.3 is 17.7 Å². The third kappa shape index (κ3) is 6.61. The maximum absolute atomic E-state index is 13.6. The number of pyridine rings is 2. The topological polar surface area (TPSA) is 117 Å². The minimum Gasteiger partial charge on any atom is -0.468 e. The Hall–Kier alpha value is -4.68. The number of rotatable bonds is 10. The van der Waals surface area contributed by atoms with E-state index in [2.05, 4.69) is 25.0 Å². The normalized spacial score (nSPS) is 11.3. The van der Waals surface area contributed by atoms with Gasteiger partial charge in [-0.2, -0.15) is 13.2 Å². The van der Waals surface area contributed by atoms with E-state index in [-0.39, 0.29) is 42.5 Å². The second-order valence-electron chi connectivity index (χ2n) is 8.25. The lowest BCUT2D eigenvalue weighted by molar-refractivity contribution is -0.154. The second kappa shape index (κ2) is 11.8. The number of carbonyl (C=O) groups excluding carboxylic acids is 1. The van der Waals surface area contributed by atoms with Crippen LogP contribution < -0.4 is 20.5 Å². The predicted octanol–water partition coefficient (Wildman–Crippen LogP) is 3.85. The van der Waals surface area contributed by atoms with Gasteiger partial charge in [-0.05, 0) is 25.0 Å². The lowest BCUT2D eigenvalue weighted by Gasteiger charge is -2.18. The molecule has 3 aromatic heterocycles. The molecule has 0 saturated heterocycles. The van der Waals surface area contributed by atoms with Crippen LogP contribution in [0.4, 0.5) is 18.9 Å². The van der Waals surface area contributed by atoms with Gasteiger partial charge < -0.3 is 19.6 Å². The molecule has 0 spiro atoms.